The molecule has 5 nitrogen and oxygen atoms in total. The Morgan fingerprint density at radius 3 is 2.79 bits per heavy atom. The number of pyridine rings is 1. The van der Waals surface area contributed by atoms with Gasteiger partial charge in [0.15, 0.2) is 0 Å². The number of fused-ring (bicyclic) bond motifs is 4. The van der Waals surface area contributed by atoms with Crippen molar-refractivity contribution < 1.29 is 4.79 Å². The van der Waals surface area contributed by atoms with Gasteiger partial charge in [0, 0.05) is 46.9 Å². The summed E-state index contributed by atoms with van der Waals surface area (Å²) in [5, 5.41) is 7.01. The molecular weight excluding hydrogens is 417 g/mol. The standard InChI is InChI=1S/C20H22ClN3O2S.ClH/c21-15-1-3-16(4-2-15)27-8-7-23-19(25)17-5-6-18-14-9-13(10-22-11-14)12-24(18)20(17)26;/h1-6,13-14,22H,7-12H2,(H,23,25);1H/t13-,14+;/m0./s1. The molecule has 3 heterocycles. The second-order valence-electron chi connectivity index (χ2n) is 7.10. The number of benzene rings is 1. The van der Waals surface area contributed by atoms with E-state index in [-0.39, 0.29) is 29.4 Å². The van der Waals surface area contributed by atoms with Crippen LogP contribution in [0.25, 0.3) is 0 Å². The number of thioether (sulfide) groups is 1. The second kappa shape index (κ2) is 9.35. The van der Waals surface area contributed by atoms with Gasteiger partial charge in [-0.25, -0.2) is 0 Å². The highest BCUT2D eigenvalue weighted by Crippen LogP contribution is 2.31. The number of hydrogen-bond donors (Lipinski definition) is 2. The van der Waals surface area contributed by atoms with Gasteiger partial charge in [-0.2, -0.15) is 0 Å². The molecule has 0 unspecified atom stereocenters. The third kappa shape index (κ3) is 4.57. The summed E-state index contributed by atoms with van der Waals surface area (Å²) in [6.07, 6.45) is 1.12. The highest BCUT2D eigenvalue weighted by molar-refractivity contribution is 7.99. The summed E-state index contributed by atoms with van der Waals surface area (Å²) in [5.41, 5.74) is 1.13. The minimum absolute atomic E-state index is 0. The van der Waals surface area contributed by atoms with Crippen LogP contribution in [-0.4, -0.2) is 35.9 Å². The van der Waals surface area contributed by atoms with Gasteiger partial charge < -0.3 is 15.2 Å². The molecule has 1 amide bonds. The van der Waals surface area contributed by atoms with Crippen LogP contribution >= 0.6 is 35.8 Å². The van der Waals surface area contributed by atoms with Crippen LogP contribution in [0.15, 0.2) is 46.1 Å². The maximum absolute atomic E-state index is 12.8. The Morgan fingerprint density at radius 1 is 1.21 bits per heavy atom. The van der Waals surface area contributed by atoms with Gasteiger partial charge in [-0.3, -0.25) is 9.59 Å². The topological polar surface area (TPSA) is 63.1 Å². The molecule has 8 heteroatoms. The number of rotatable bonds is 5. The fraction of sp³-hybridized carbons (Fsp3) is 0.400. The van der Waals surface area contributed by atoms with Gasteiger partial charge in [-0.15, -0.1) is 24.2 Å². The largest absolute Gasteiger partial charge is 0.351 e. The summed E-state index contributed by atoms with van der Waals surface area (Å²) >= 11 is 7.52. The van der Waals surface area contributed by atoms with Crippen molar-refractivity contribution in [1.82, 2.24) is 15.2 Å². The van der Waals surface area contributed by atoms with Crippen LogP contribution in [0.1, 0.15) is 28.4 Å². The van der Waals surface area contributed by atoms with Crippen molar-refractivity contribution in [1.29, 1.82) is 0 Å². The van der Waals surface area contributed by atoms with Crippen LogP contribution in [0, 0.1) is 5.92 Å². The number of halogens is 2. The second-order valence-corrected chi connectivity index (χ2v) is 8.71. The summed E-state index contributed by atoms with van der Waals surface area (Å²) in [4.78, 5) is 26.4. The number of carbonyl (C=O) groups is 1. The molecule has 2 bridgehead atoms. The predicted octanol–water partition coefficient (Wildman–Crippen LogP) is 3.15. The lowest BCUT2D eigenvalue weighted by Crippen LogP contribution is -2.46. The molecule has 2 N–H and O–H groups in total. The lowest BCUT2D eigenvalue weighted by atomic mass is 9.84. The van der Waals surface area contributed by atoms with Crippen LogP contribution in [0.5, 0.6) is 0 Å². The van der Waals surface area contributed by atoms with Gasteiger partial charge in [0.25, 0.3) is 11.5 Å². The first kappa shape index (κ1) is 21.2. The maximum Gasteiger partial charge on any atom is 0.263 e. The predicted molar refractivity (Wildman–Crippen MR) is 116 cm³/mol. The van der Waals surface area contributed by atoms with E-state index in [2.05, 4.69) is 10.6 Å². The van der Waals surface area contributed by atoms with E-state index in [4.69, 9.17) is 11.6 Å². The average molecular weight is 440 g/mol. The Morgan fingerprint density at radius 2 is 2.00 bits per heavy atom. The molecule has 0 spiro atoms. The lowest BCUT2D eigenvalue weighted by molar-refractivity contribution is 0.0953. The van der Waals surface area contributed by atoms with E-state index in [9.17, 15) is 9.59 Å². The maximum atomic E-state index is 12.8. The number of piperidine rings is 1. The molecular formula is C20H23Cl2N3O2S. The number of nitrogens with one attached hydrogen (secondary N) is 2. The highest BCUT2D eigenvalue weighted by Gasteiger charge is 2.31. The summed E-state index contributed by atoms with van der Waals surface area (Å²) in [6.45, 7) is 3.05. The number of carbonyl (C=O) groups excluding carboxylic acids is 1. The van der Waals surface area contributed by atoms with E-state index in [1.165, 1.54) is 0 Å². The third-order valence-corrected chi connectivity index (χ3v) is 6.49. The molecule has 2 atom stereocenters. The number of amides is 1. The molecule has 2 aromatic rings. The minimum Gasteiger partial charge on any atom is -0.351 e. The molecule has 2 aliphatic rings. The molecule has 1 aromatic carbocycles. The van der Waals surface area contributed by atoms with Crippen molar-refractivity contribution in [2.45, 2.75) is 23.8 Å². The van der Waals surface area contributed by atoms with E-state index in [0.717, 1.165) is 35.9 Å². The Kier molecular flexibility index (Phi) is 7.10. The molecule has 1 saturated heterocycles. The molecule has 2 aliphatic heterocycles. The van der Waals surface area contributed by atoms with Crippen molar-refractivity contribution in [2.75, 3.05) is 25.4 Å². The highest BCUT2D eigenvalue weighted by atomic mass is 35.5. The third-order valence-electron chi connectivity index (χ3n) is 5.22. The molecule has 150 valence electrons. The van der Waals surface area contributed by atoms with Crippen LogP contribution in [-0.2, 0) is 6.54 Å². The fourth-order valence-corrected chi connectivity index (χ4v) is 4.82. The van der Waals surface area contributed by atoms with E-state index >= 15 is 0 Å². The minimum atomic E-state index is -0.291. The summed E-state index contributed by atoms with van der Waals surface area (Å²) in [6, 6.07) is 11.2. The first-order chi connectivity index (χ1) is 13.1. The Labute approximate surface area is 179 Å². The van der Waals surface area contributed by atoms with Crippen molar-refractivity contribution >= 4 is 41.7 Å². The zero-order chi connectivity index (χ0) is 18.8. The van der Waals surface area contributed by atoms with Crippen molar-refractivity contribution in [2.24, 2.45) is 5.92 Å². The fourth-order valence-electron chi connectivity index (χ4n) is 3.92. The Balaban J connectivity index is 0.00000225. The molecule has 28 heavy (non-hydrogen) atoms. The first-order valence-corrected chi connectivity index (χ1v) is 10.6. The average Bonchev–Trinajstić information content (AvgIpc) is 2.67. The Hall–Kier alpha value is -1.47. The smallest absolute Gasteiger partial charge is 0.263 e. The van der Waals surface area contributed by atoms with E-state index < -0.39 is 0 Å². The SMILES string of the molecule is Cl.O=C(NCCSc1ccc(Cl)cc1)c1ccc2n(c1=O)C[C@@H]1CNC[C@H]2C1. The molecule has 0 saturated carbocycles. The van der Waals surface area contributed by atoms with Gasteiger partial charge in [-0.1, -0.05) is 11.6 Å². The normalized spacial score (nSPS) is 20.0. The number of nitrogens with zero attached hydrogens (tertiary/aromatic N) is 1. The summed E-state index contributed by atoms with van der Waals surface area (Å²) in [7, 11) is 0. The van der Waals surface area contributed by atoms with Crippen LogP contribution in [0.4, 0.5) is 0 Å². The summed E-state index contributed by atoms with van der Waals surface area (Å²) in [5.74, 6) is 1.29. The molecule has 0 radical (unpaired) electrons. The van der Waals surface area contributed by atoms with E-state index in [0.29, 0.717) is 29.9 Å². The Bertz CT molecular complexity index is 901. The molecule has 1 aromatic heterocycles. The van der Waals surface area contributed by atoms with Gasteiger partial charge in [0.2, 0.25) is 0 Å². The monoisotopic (exact) mass is 439 g/mol. The van der Waals surface area contributed by atoms with Crippen LogP contribution in [0.2, 0.25) is 5.02 Å². The number of aromatic nitrogens is 1. The zero-order valence-corrected chi connectivity index (χ0v) is 17.7. The zero-order valence-electron chi connectivity index (χ0n) is 15.3. The van der Waals surface area contributed by atoms with Crippen LogP contribution < -0.4 is 16.2 Å². The lowest BCUT2D eigenvalue weighted by Gasteiger charge is -2.37. The molecule has 4 rings (SSSR count). The van der Waals surface area contributed by atoms with E-state index in [1.807, 2.05) is 34.9 Å². The van der Waals surface area contributed by atoms with Crippen molar-refractivity contribution in [3.8, 4) is 0 Å². The molecule has 1 fully saturated rings. The molecule has 0 aliphatic carbocycles. The van der Waals surface area contributed by atoms with Crippen LogP contribution in [0.3, 0.4) is 0 Å². The van der Waals surface area contributed by atoms with Crippen molar-refractivity contribution in [3.63, 3.8) is 0 Å². The quantitative estimate of drug-likeness (QED) is 0.554. The van der Waals surface area contributed by atoms with Gasteiger partial charge in [0.1, 0.15) is 5.56 Å². The van der Waals surface area contributed by atoms with Crippen molar-refractivity contribution in [3.05, 3.63) is 63.0 Å². The van der Waals surface area contributed by atoms with E-state index in [1.54, 1.807) is 17.8 Å². The van der Waals surface area contributed by atoms with Gasteiger partial charge in [0.05, 0.1) is 0 Å². The number of hydrogen-bond acceptors (Lipinski definition) is 4. The first-order valence-electron chi connectivity index (χ1n) is 9.23. The van der Waals surface area contributed by atoms with Gasteiger partial charge in [-0.05, 0) is 55.3 Å². The van der Waals surface area contributed by atoms with Gasteiger partial charge >= 0.3 is 0 Å². The summed E-state index contributed by atoms with van der Waals surface area (Å²) < 4.78 is 1.82.